The van der Waals surface area contributed by atoms with Gasteiger partial charge in [-0.05, 0) is 42.0 Å². The van der Waals surface area contributed by atoms with Crippen molar-refractivity contribution >= 4 is 22.9 Å². The minimum absolute atomic E-state index is 0.0195. The van der Waals surface area contributed by atoms with E-state index in [9.17, 15) is 4.79 Å². The van der Waals surface area contributed by atoms with E-state index in [1.807, 2.05) is 16.8 Å². The van der Waals surface area contributed by atoms with E-state index >= 15 is 0 Å². The standard InChI is InChI=1S/C20H22N4O2S/c25-18(7-8-19-22-20(23-26-19)16-9-12-27-14-16)21-13-15-3-5-17(6-4-15)24-10-1-2-11-24/h3-6,9,12,14H,1-2,7-8,10-11,13H2,(H,21,25). The van der Waals surface area contributed by atoms with Crippen molar-refractivity contribution in [3.05, 3.63) is 52.5 Å². The molecule has 1 aromatic carbocycles. The Kier molecular flexibility index (Phi) is 5.48. The van der Waals surface area contributed by atoms with Gasteiger partial charge < -0.3 is 14.7 Å². The summed E-state index contributed by atoms with van der Waals surface area (Å²) in [6, 6.07) is 10.4. The molecule has 27 heavy (non-hydrogen) atoms. The number of hydrogen-bond donors (Lipinski definition) is 1. The predicted octanol–water partition coefficient (Wildman–Crippen LogP) is 3.65. The summed E-state index contributed by atoms with van der Waals surface area (Å²) in [5.41, 5.74) is 3.31. The average Bonchev–Trinajstić information content (AvgIpc) is 3.47. The van der Waals surface area contributed by atoms with Crippen molar-refractivity contribution in [3.63, 3.8) is 0 Å². The zero-order chi connectivity index (χ0) is 18.5. The van der Waals surface area contributed by atoms with Crippen LogP contribution in [-0.2, 0) is 17.8 Å². The normalized spacial score (nSPS) is 13.9. The monoisotopic (exact) mass is 382 g/mol. The van der Waals surface area contributed by atoms with Crippen LogP contribution in [-0.4, -0.2) is 29.1 Å². The minimum atomic E-state index is -0.0195. The molecule has 6 nitrogen and oxygen atoms in total. The third-order valence-corrected chi connectivity index (χ3v) is 5.39. The number of carbonyl (C=O) groups excluding carboxylic acids is 1. The van der Waals surface area contributed by atoms with Crippen LogP contribution in [0.15, 0.2) is 45.6 Å². The molecule has 4 rings (SSSR count). The van der Waals surface area contributed by atoms with Gasteiger partial charge in [-0.3, -0.25) is 4.79 Å². The second-order valence-corrected chi connectivity index (χ2v) is 7.44. The van der Waals surface area contributed by atoms with Gasteiger partial charge in [0.15, 0.2) is 0 Å². The zero-order valence-electron chi connectivity index (χ0n) is 15.1. The summed E-state index contributed by atoms with van der Waals surface area (Å²) >= 11 is 1.59. The van der Waals surface area contributed by atoms with E-state index in [4.69, 9.17) is 4.52 Å². The maximum atomic E-state index is 12.1. The fourth-order valence-corrected chi connectivity index (χ4v) is 3.81. The van der Waals surface area contributed by atoms with E-state index in [2.05, 4.69) is 44.6 Å². The van der Waals surface area contributed by atoms with E-state index in [0.29, 0.717) is 31.1 Å². The Morgan fingerprint density at radius 3 is 2.74 bits per heavy atom. The van der Waals surface area contributed by atoms with Gasteiger partial charge in [-0.1, -0.05) is 17.3 Å². The Morgan fingerprint density at radius 2 is 2.00 bits per heavy atom. The van der Waals surface area contributed by atoms with Crippen molar-refractivity contribution in [3.8, 4) is 11.4 Å². The van der Waals surface area contributed by atoms with Crippen LogP contribution in [0.4, 0.5) is 5.69 Å². The number of carbonyl (C=O) groups is 1. The van der Waals surface area contributed by atoms with Crippen molar-refractivity contribution in [1.82, 2.24) is 15.5 Å². The van der Waals surface area contributed by atoms with E-state index in [0.717, 1.165) is 24.2 Å². The van der Waals surface area contributed by atoms with E-state index in [-0.39, 0.29) is 5.91 Å². The SMILES string of the molecule is O=C(CCc1nc(-c2ccsc2)no1)NCc1ccc(N2CCCC2)cc1. The summed E-state index contributed by atoms with van der Waals surface area (Å²) in [5, 5.41) is 10.8. The molecule has 140 valence electrons. The number of aromatic nitrogens is 2. The number of anilines is 1. The molecule has 0 spiro atoms. The molecule has 0 atom stereocenters. The lowest BCUT2D eigenvalue weighted by atomic mass is 10.2. The molecule has 1 saturated heterocycles. The van der Waals surface area contributed by atoms with Crippen molar-refractivity contribution in [2.45, 2.75) is 32.2 Å². The number of amides is 1. The first kappa shape index (κ1) is 17.7. The molecule has 2 aromatic heterocycles. The molecule has 0 radical (unpaired) electrons. The van der Waals surface area contributed by atoms with Gasteiger partial charge in [0.1, 0.15) is 0 Å². The largest absolute Gasteiger partial charge is 0.372 e. The highest BCUT2D eigenvalue weighted by Gasteiger charge is 2.13. The van der Waals surface area contributed by atoms with Crippen LogP contribution >= 0.6 is 11.3 Å². The van der Waals surface area contributed by atoms with Gasteiger partial charge in [-0.2, -0.15) is 16.3 Å². The average molecular weight is 382 g/mol. The first-order valence-electron chi connectivity index (χ1n) is 9.24. The van der Waals surface area contributed by atoms with Gasteiger partial charge in [0.05, 0.1) is 0 Å². The number of thiophene rings is 1. The van der Waals surface area contributed by atoms with Crippen LogP contribution in [0, 0.1) is 0 Å². The Labute approximate surface area is 162 Å². The predicted molar refractivity (Wildman–Crippen MR) is 106 cm³/mol. The van der Waals surface area contributed by atoms with Gasteiger partial charge >= 0.3 is 0 Å². The number of nitrogens with one attached hydrogen (secondary N) is 1. The quantitative estimate of drug-likeness (QED) is 0.675. The van der Waals surface area contributed by atoms with Crippen molar-refractivity contribution < 1.29 is 9.32 Å². The van der Waals surface area contributed by atoms with Crippen molar-refractivity contribution in [2.24, 2.45) is 0 Å². The summed E-state index contributed by atoms with van der Waals surface area (Å²) in [6.07, 6.45) is 3.31. The number of nitrogens with zero attached hydrogens (tertiary/aromatic N) is 3. The lowest BCUT2D eigenvalue weighted by Gasteiger charge is -2.17. The first-order valence-corrected chi connectivity index (χ1v) is 10.2. The van der Waals surface area contributed by atoms with Crippen LogP contribution in [0.1, 0.15) is 30.7 Å². The number of benzene rings is 1. The van der Waals surface area contributed by atoms with Crippen LogP contribution < -0.4 is 10.2 Å². The molecule has 0 unspecified atom stereocenters. The molecule has 0 aliphatic carbocycles. The molecule has 1 aliphatic heterocycles. The second kappa shape index (κ2) is 8.35. The van der Waals surface area contributed by atoms with E-state index < -0.39 is 0 Å². The highest BCUT2D eigenvalue weighted by atomic mass is 32.1. The molecule has 1 fully saturated rings. The molecule has 1 aliphatic rings. The fourth-order valence-electron chi connectivity index (χ4n) is 3.17. The van der Waals surface area contributed by atoms with Crippen LogP contribution in [0.3, 0.4) is 0 Å². The molecular weight excluding hydrogens is 360 g/mol. The molecule has 7 heteroatoms. The molecule has 0 bridgehead atoms. The van der Waals surface area contributed by atoms with Gasteiger partial charge in [0, 0.05) is 49.1 Å². The zero-order valence-corrected chi connectivity index (χ0v) is 15.9. The molecule has 3 heterocycles. The number of rotatable bonds is 7. The summed E-state index contributed by atoms with van der Waals surface area (Å²) in [4.78, 5) is 18.8. The van der Waals surface area contributed by atoms with Gasteiger partial charge in [0.2, 0.25) is 17.6 Å². The van der Waals surface area contributed by atoms with Gasteiger partial charge in [0.25, 0.3) is 0 Å². The smallest absolute Gasteiger partial charge is 0.227 e. The summed E-state index contributed by atoms with van der Waals surface area (Å²) in [7, 11) is 0. The van der Waals surface area contributed by atoms with E-state index in [1.54, 1.807) is 11.3 Å². The topological polar surface area (TPSA) is 71.3 Å². The van der Waals surface area contributed by atoms with Crippen molar-refractivity contribution in [1.29, 1.82) is 0 Å². The Hall–Kier alpha value is -2.67. The van der Waals surface area contributed by atoms with E-state index in [1.165, 1.54) is 18.5 Å². The number of aryl methyl sites for hydroxylation is 1. The van der Waals surface area contributed by atoms with Crippen molar-refractivity contribution in [2.75, 3.05) is 18.0 Å². The second-order valence-electron chi connectivity index (χ2n) is 6.66. The maximum absolute atomic E-state index is 12.1. The Bertz CT molecular complexity index is 868. The maximum Gasteiger partial charge on any atom is 0.227 e. The molecule has 1 N–H and O–H groups in total. The molecular formula is C20H22N4O2S. The third kappa shape index (κ3) is 4.54. The summed E-state index contributed by atoms with van der Waals surface area (Å²) in [6.45, 7) is 2.81. The lowest BCUT2D eigenvalue weighted by Crippen LogP contribution is -2.23. The highest BCUT2D eigenvalue weighted by molar-refractivity contribution is 7.08. The van der Waals surface area contributed by atoms with Crippen LogP contribution in [0.25, 0.3) is 11.4 Å². The van der Waals surface area contributed by atoms with Crippen LogP contribution in [0.2, 0.25) is 0 Å². The summed E-state index contributed by atoms with van der Waals surface area (Å²) < 4.78 is 5.22. The molecule has 0 saturated carbocycles. The number of hydrogen-bond acceptors (Lipinski definition) is 6. The Morgan fingerprint density at radius 1 is 1.19 bits per heavy atom. The first-order chi connectivity index (χ1) is 13.3. The highest BCUT2D eigenvalue weighted by Crippen LogP contribution is 2.21. The summed E-state index contributed by atoms with van der Waals surface area (Å²) in [5.74, 6) is 1.04. The lowest BCUT2D eigenvalue weighted by molar-refractivity contribution is -0.121. The fraction of sp³-hybridized carbons (Fsp3) is 0.350. The van der Waals surface area contributed by atoms with Gasteiger partial charge in [-0.25, -0.2) is 0 Å². The molecule has 3 aromatic rings. The minimum Gasteiger partial charge on any atom is -0.372 e. The van der Waals surface area contributed by atoms with Gasteiger partial charge in [-0.15, -0.1) is 0 Å². The third-order valence-electron chi connectivity index (χ3n) is 4.71. The molecule has 1 amide bonds. The Balaban J connectivity index is 1.23. The van der Waals surface area contributed by atoms with Crippen LogP contribution in [0.5, 0.6) is 0 Å².